The first kappa shape index (κ1) is 14.7. The van der Waals surface area contributed by atoms with E-state index in [4.69, 9.17) is 5.73 Å². The van der Waals surface area contributed by atoms with Crippen LogP contribution in [0.2, 0.25) is 0 Å². The topological polar surface area (TPSA) is 55.1 Å². The van der Waals surface area contributed by atoms with Crippen LogP contribution in [0.3, 0.4) is 0 Å². The number of carbonyl (C=O) groups is 1. The van der Waals surface area contributed by atoms with Gasteiger partial charge in [-0.1, -0.05) is 36.4 Å². The Morgan fingerprint density at radius 2 is 1.80 bits per heavy atom. The quantitative estimate of drug-likeness (QED) is 0.573. The summed E-state index contributed by atoms with van der Waals surface area (Å²) in [5, 5.41) is 5.57. The minimum absolute atomic E-state index is 0.196. The maximum atomic E-state index is 12.1. The normalized spacial score (nSPS) is 10.8. The minimum Gasteiger partial charge on any atom is -0.330 e. The van der Waals surface area contributed by atoms with Gasteiger partial charge in [-0.2, -0.15) is 0 Å². The lowest BCUT2D eigenvalue weighted by Gasteiger charge is -2.05. The van der Waals surface area contributed by atoms with E-state index in [0.29, 0.717) is 6.42 Å². The summed E-state index contributed by atoms with van der Waals surface area (Å²) in [7, 11) is 0. The van der Waals surface area contributed by atoms with Crippen molar-refractivity contribution in [2.75, 3.05) is 19.6 Å². The van der Waals surface area contributed by atoms with Crippen molar-refractivity contribution in [2.24, 2.45) is 5.73 Å². The third-order valence-electron chi connectivity index (χ3n) is 3.41. The maximum Gasteiger partial charge on any atom is 0.164 e. The summed E-state index contributed by atoms with van der Waals surface area (Å²) >= 11 is 0. The number of unbranched alkanes of at least 4 members (excludes halogenated alkanes) is 1. The van der Waals surface area contributed by atoms with Crippen molar-refractivity contribution >= 4 is 16.6 Å². The molecule has 0 aliphatic rings. The molecule has 3 nitrogen and oxygen atoms in total. The number of Topliss-reactive ketones (excluding diaryl/α,β-unsaturated/α-hetero) is 1. The lowest BCUT2D eigenvalue weighted by molar-refractivity contribution is 0.0983. The third kappa shape index (κ3) is 4.15. The van der Waals surface area contributed by atoms with Crippen LogP contribution >= 0.6 is 0 Å². The molecular formula is C17H22N2O. The Morgan fingerprint density at radius 1 is 1.00 bits per heavy atom. The number of carbonyl (C=O) groups excluding carboxylic acids is 1. The predicted molar refractivity (Wildman–Crippen MR) is 84.1 cm³/mol. The SMILES string of the molecule is NCCCCNCCC(=O)c1ccc2ccccc2c1. The van der Waals surface area contributed by atoms with Gasteiger partial charge in [0, 0.05) is 18.5 Å². The second kappa shape index (κ2) is 7.78. The van der Waals surface area contributed by atoms with Crippen LogP contribution in [0.5, 0.6) is 0 Å². The van der Waals surface area contributed by atoms with Crippen LogP contribution in [0.4, 0.5) is 0 Å². The number of nitrogens with one attached hydrogen (secondary N) is 1. The van der Waals surface area contributed by atoms with Crippen LogP contribution in [-0.4, -0.2) is 25.4 Å². The number of benzene rings is 2. The number of hydrogen-bond donors (Lipinski definition) is 2. The first-order valence-electron chi connectivity index (χ1n) is 7.24. The average Bonchev–Trinajstić information content (AvgIpc) is 2.50. The van der Waals surface area contributed by atoms with Crippen molar-refractivity contribution < 1.29 is 4.79 Å². The van der Waals surface area contributed by atoms with E-state index in [1.54, 1.807) is 0 Å². The Balaban J connectivity index is 1.84. The molecule has 3 heteroatoms. The molecule has 0 aliphatic heterocycles. The number of nitrogens with two attached hydrogens (primary N) is 1. The summed E-state index contributed by atoms with van der Waals surface area (Å²) in [6.45, 7) is 2.40. The lowest BCUT2D eigenvalue weighted by atomic mass is 10.0. The van der Waals surface area contributed by atoms with Gasteiger partial charge in [-0.05, 0) is 42.8 Å². The molecule has 0 spiro atoms. The molecule has 2 aromatic carbocycles. The fourth-order valence-corrected chi connectivity index (χ4v) is 2.23. The molecule has 0 radical (unpaired) electrons. The Morgan fingerprint density at radius 3 is 2.60 bits per heavy atom. The zero-order valence-corrected chi connectivity index (χ0v) is 11.8. The molecule has 0 heterocycles. The fraction of sp³-hybridized carbons (Fsp3) is 0.353. The van der Waals surface area contributed by atoms with Crippen molar-refractivity contribution in [1.82, 2.24) is 5.32 Å². The van der Waals surface area contributed by atoms with Crippen molar-refractivity contribution in [1.29, 1.82) is 0 Å². The molecule has 0 atom stereocenters. The number of rotatable bonds is 8. The summed E-state index contributed by atoms with van der Waals surface area (Å²) in [6.07, 6.45) is 2.65. The van der Waals surface area contributed by atoms with Crippen LogP contribution in [0, 0.1) is 0 Å². The molecule has 0 amide bonds. The molecule has 0 aliphatic carbocycles. The predicted octanol–water partition coefficient (Wildman–Crippen LogP) is 2.74. The minimum atomic E-state index is 0.196. The van der Waals surface area contributed by atoms with E-state index >= 15 is 0 Å². The van der Waals surface area contributed by atoms with Crippen LogP contribution in [0.15, 0.2) is 42.5 Å². The van der Waals surface area contributed by atoms with E-state index in [2.05, 4.69) is 11.4 Å². The fourth-order valence-electron chi connectivity index (χ4n) is 2.23. The molecule has 2 aromatic rings. The summed E-state index contributed by atoms with van der Waals surface area (Å²) in [5.74, 6) is 0.196. The van der Waals surface area contributed by atoms with Gasteiger partial charge in [0.2, 0.25) is 0 Å². The summed E-state index contributed by atoms with van der Waals surface area (Å²) in [4.78, 5) is 12.1. The maximum absolute atomic E-state index is 12.1. The Kier molecular flexibility index (Phi) is 5.71. The Hall–Kier alpha value is -1.71. The van der Waals surface area contributed by atoms with Gasteiger partial charge in [-0.25, -0.2) is 0 Å². The van der Waals surface area contributed by atoms with Crippen LogP contribution < -0.4 is 11.1 Å². The van der Waals surface area contributed by atoms with Crippen molar-refractivity contribution in [3.05, 3.63) is 48.0 Å². The highest BCUT2D eigenvalue weighted by Crippen LogP contribution is 2.16. The van der Waals surface area contributed by atoms with Crippen molar-refractivity contribution in [3.8, 4) is 0 Å². The van der Waals surface area contributed by atoms with E-state index in [1.165, 1.54) is 5.39 Å². The molecule has 2 rings (SSSR count). The van der Waals surface area contributed by atoms with Crippen molar-refractivity contribution in [2.45, 2.75) is 19.3 Å². The molecule has 0 saturated heterocycles. The first-order chi connectivity index (χ1) is 9.81. The van der Waals surface area contributed by atoms with Crippen LogP contribution in [0.25, 0.3) is 10.8 Å². The molecule has 0 bridgehead atoms. The van der Waals surface area contributed by atoms with Gasteiger partial charge >= 0.3 is 0 Å². The van der Waals surface area contributed by atoms with E-state index in [-0.39, 0.29) is 5.78 Å². The Bertz CT molecular complexity index is 566. The number of ketones is 1. The summed E-state index contributed by atoms with van der Waals surface area (Å²) < 4.78 is 0. The van der Waals surface area contributed by atoms with Gasteiger partial charge in [0.15, 0.2) is 5.78 Å². The van der Waals surface area contributed by atoms with E-state index in [1.807, 2.05) is 36.4 Å². The molecule has 3 N–H and O–H groups in total. The third-order valence-corrected chi connectivity index (χ3v) is 3.41. The first-order valence-corrected chi connectivity index (χ1v) is 7.24. The van der Waals surface area contributed by atoms with Crippen LogP contribution in [0.1, 0.15) is 29.6 Å². The number of hydrogen-bond acceptors (Lipinski definition) is 3. The largest absolute Gasteiger partial charge is 0.330 e. The molecule has 0 fully saturated rings. The van der Waals surface area contributed by atoms with E-state index < -0.39 is 0 Å². The Labute approximate surface area is 120 Å². The van der Waals surface area contributed by atoms with Crippen molar-refractivity contribution in [3.63, 3.8) is 0 Å². The van der Waals surface area contributed by atoms with Gasteiger partial charge in [-0.3, -0.25) is 4.79 Å². The van der Waals surface area contributed by atoms with Gasteiger partial charge in [0.1, 0.15) is 0 Å². The zero-order valence-electron chi connectivity index (χ0n) is 11.8. The summed E-state index contributed by atoms with van der Waals surface area (Å²) in [5.41, 5.74) is 6.23. The molecule has 0 aromatic heterocycles. The molecule has 0 saturated carbocycles. The second-order valence-corrected chi connectivity index (χ2v) is 4.98. The molecular weight excluding hydrogens is 248 g/mol. The highest BCUT2D eigenvalue weighted by molar-refractivity contribution is 6.00. The number of fused-ring (bicyclic) bond motifs is 1. The monoisotopic (exact) mass is 270 g/mol. The highest BCUT2D eigenvalue weighted by Gasteiger charge is 2.05. The molecule has 0 unspecified atom stereocenters. The average molecular weight is 270 g/mol. The smallest absolute Gasteiger partial charge is 0.164 e. The summed E-state index contributed by atoms with van der Waals surface area (Å²) in [6, 6.07) is 14.0. The van der Waals surface area contributed by atoms with Gasteiger partial charge < -0.3 is 11.1 Å². The highest BCUT2D eigenvalue weighted by atomic mass is 16.1. The van der Waals surface area contributed by atoms with Gasteiger partial charge in [0.05, 0.1) is 0 Å². The van der Waals surface area contributed by atoms with Gasteiger partial charge in [0.25, 0.3) is 0 Å². The van der Waals surface area contributed by atoms with E-state index in [9.17, 15) is 4.79 Å². The van der Waals surface area contributed by atoms with Crippen LogP contribution in [-0.2, 0) is 0 Å². The van der Waals surface area contributed by atoms with Gasteiger partial charge in [-0.15, -0.1) is 0 Å². The van der Waals surface area contributed by atoms with E-state index in [0.717, 1.165) is 43.4 Å². The molecule has 106 valence electrons. The molecule has 20 heavy (non-hydrogen) atoms. The zero-order chi connectivity index (χ0) is 14.2. The lowest BCUT2D eigenvalue weighted by Crippen LogP contribution is -2.20. The second-order valence-electron chi connectivity index (χ2n) is 4.98. The standard InChI is InChI=1S/C17H22N2O/c18-10-3-4-11-19-12-9-17(20)16-8-7-14-5-1-2-6-15(14)13-16/h1-2,5-8,13,19H,3-4,9-12,18H2.